The molecule has 3 N–H and O–H groups in total. The van der Waals surface area contributed by atoms with Gasteiger partial charge in [-0.15, -0.1) is 0 Å². The van der Waals surface area contributed by atoms with Gasteiger partial charge in [-0.2, -0.15) is 0 Å². The zero-order valence-corrected chi connectivity index (χ0v) is 21.0. The molecule has 0 aliphatic rings. The van der Waals surface area contributed by atoms with Gasteiger partial charge >= 0.3 is 6.09 Å². The van der Waals surface area contributed by atoms with E-state index in [2.05, 4.69) is 16.0 Å². The number of rotatable bonds is 11. The molecule has 2 aromatic carbocycles. The van der Waals surface area contributed by atoms with Crippen molar-refractivity contribution in [3.05, 3.63) is 48.0 Å². The zero-order chi connectivity index (χ0) is 25.8. The molecule has 0 saturated heterocycles. The first kappa shape index (κ1) is 27.5. The van der Waals surface area contributed by atoms with Gasteiger partial charge in [0.15, 0.2) is 11.5 Å². The molecule has 0 unspecified atom stereocenters. The largest absolute Gasteiger partial charge is 0.493 e. The number of nitrogens with one attached hydrogen (secondary N) is 3. The summed E-state index contributed by atoms with van der Waals surface area (Å²) < 4.78 is 16.0. The van der Waals surface area contributed by atoms with Crippen molar-refractivity contribution in [2.75, 3.05) is 30.9 Å². The molecule has 2 aromatic rings. The fourth-order valence-electron chi connectivity index (χ4n) is 3.11. The summed E-state index contributed by atoms with van der Waals surface area (Å²) in [4.78, 5) is 36.3. The van der Waals surface area contributed by atoms with Crippen LogP contribution in [-0.4, -0.2) is 43.8 Å². The Hall–Kier alpha value is -3.75. The number of ether oxygens (including phenoxy) is 3. The maximum absolute atomic E-state index is 12.4. The average Bonchev–Trinajstić information content (AvgIpc) is 2.77. The first-order valence-electron chi connectivity index (χ1n) is 11.6. The number of carbonyl (C=O) groups excluding carboxylic acids is 3. The zero-order valence-electron chi connectivity index (χ0n) is 21.0. The van der Waals surface area contributed by atoms with Crippen LogP contribution in [0.4, 0.5) is 16.2 Å². The first-order valence-corrected chi connectivity index (χ1v) is 11.6. The summed E-state index contributed by atoms with van der Waals surface area (Å²) in [6, 6.07) is 12.5. The summed E-state index contributed by atoms with van der Waals surface area (Å²) in [6.07, 6.45) is 0.333. The van der Waals surface area contributed by atoms with Crippen molar-refractivity contribution >= 4 is 29.3 Å². The van der Waals surface area contributed by atoms with Crippen LogP contribution in [0.3, 0.4) is 0 Å². The molecule has 0 atom stereocenters. The van der Waals surface area contributed by atoms with E-state index in [1.165, 1.54) is 0 Å². The van der Waals surface area contributed by atoms with Gasteiger partial charge in [0.1, 0.15) is 5.60 Å². The lowest BCUT2D eigenvalue weighted by molar-refractivity contribution is -0.116. The summed E-state index contributed by atoms with van der Waals surface area (Å²) in [7, 11) is 1.58. The van der Waals surface area contributed by atoms with Gasteiger partial charge in [-0.25, -0.2) is 4.79 Å². The van der Waals surface area contributed by atoms with Crippen molar-refractivity contribution < 1.29 is 28.6 Å². The number of carbonyl (C=O) groups is 3. The second kappa shape index (κ2) is 13.2. The Morgan fingerprint density at radius 3 is 2.14 bits per heavy atom. The fourth-order valence-corrected chi connectivity index (χ4v) is 3.11. The van der Waals surface area contributed by atoms with E-state index in [1.807, 2.05) is 25.1 Å². The van der Waals surface area contributed by atoms with Crippen molar-refractivity contribution in [3.8, 4) is 11.5 Å². The highest BCUT2D eigenvalue weighted by Crippen LogP contribution is 2.28. The normalized spacial score (nSPS) is 10.8. The van der Waals surface area contributed by atoms with Gasteiger partial charge in [0, 0.05) is 30.8 Å². The molecule has 9 nitrogen and oxygen atoms in total. The van der Waals surface area contributed by atoms with Crippen molar-refractivity contribution in [3.63, 3.8) is 0 Å². The highest BCUT2D eigenvalue weighted by atomic mass is 16.6. The minimum Gasteiger partial charge on any atom is -0.493 e. The minimum atomic E-state index is -0.599. The lowest BCUT2D eigenvalue weighted by Crippen LogP contribution is -2.34. The quantitative estimate of drug-likeness (QED) is 0.431. The van der Waals surface area contributed by atoms with Crippen molar-refractivity contribution in [2.45, 2.75) is 52.6 Å². The third-order valence-corrected chi connectivity index (χ3v) is 4.62. The molecule has 2 rings (SSSR count). The molecule has 0 saturated carbocycles. The Morgan fingerprint density at radius 1 is 0.886 bits per heavy atom. The SMILES string of the molecule is CCOc1ccc(CCC(=O)Nc2cccc(NC(=O)CCNC(=O)OC(C)(C)C)c2)cc1OC. The Balaban J connectivity index is 1.81. The van der Waals surface area contributed by atoms with Crippen LogP contribution in [-0.2, 0) is 20.7 Å². The van der Waals surface area contributed by atoms with E-state index in [1.54, 1.807) is 52.1 Å². The van der Waals surface area contributed by atoms with E-state index in [4.69, 9.17) is 14.2 Å². The van der Waals surface area contributed by atoms with Crippen LogP contribution in [0.15, 0.2) is 42.5 Å². The van der Waals surface area contributed by atoms with Crippen molar-refractivity contribution in [1.82, 2.24) is 5.32 Å². The van der Waals surface area contributed by atoms with Crippen LogP contribution in [0.1, 0.15) is 46.1 Å². The molecule has 0 spiro atoms. The number of hydrogen-bond donors (Lipinski definition) is 3. The Kier molecular flexibility index (Phi) is 10.4. The lowest BCUT2D eigenvalue weighted by Gasteiger charge is -2.19. The average molecular weight is 486 g/mol. The monoisotopic (exact) mass is 485 g/mol. The molecule has 190 valence electrons. The summed E-state index contributed by atoms with van der Waals surface area (Å²) in [5.74, 6) is 0.883. The molecule has 0 aromatic heterocycles. The van der Waals surface area contributed by atoms with Crippen LogP contribution in [0, 0.1) is 0 Å². The molecule has 0 aliphatic carbocycles. The number of hydrogen-bond acceptors (Lipinski definition) is 6. The van der Waals surface area contributed by atoms with Gasteiger partial charge in [-0.05, 0) is 70.0 Å². The van der Waals surface area contributed by atoms with Gasteiger partial charge in [0.05, 0.1) is 13.7 Å². The minimum absolute atomic E-state index is 0.0847. The Bertz CT molecular complexity index is 1020. The van der Waals surface area contributed by atoms with Crippen LogP contribution >= 0.6 is 0 Å². The molecule has 0 bridgehead atoms. The van der Waals surface area contributed by atoms with Crippen LogP contribution in [0.25, 0.3) is 0 Å². The second-order valence-corrected chi connectivity index (χ2v) is 8.77. The highest BCUT2D eigenvalue weighted by molar-refractivity contribution is 5.94. The summed E-state index contributed by atoms with van der Waals surface area (Å²) in [5.41, 5.74) is 1.48. The number of anilines is 2. The summed E-state index contributed by atoms with van der Waals surface area (Å²) in [5, 5.41) is 8.15. The molecule has 0 aliphatic heterocycles. The lowest BCUT2D eigenvalue weighted by atomic mass is 10.1. The Morgan fingerprint density at radius 2 is 1.54 bits per heavy atom. The highest BCUT2D eigenvalue weighted by Gasteiger charge is 2.16. The number of alkyl carbamates (subject to hydrolysis) is 1. The summed E-state index contributed by atoms with van der Waals surface area (Å²) >= 11 is 0. The van der Waals surface area contributed by atoms with E-state index in [-0.39, 0.29) is 31.2 Å². The van der Waals surface area contributed by atoms with Gasteiger partial charge in [-0.1, -0.05) is 12.1 Å². The fraction of sp³-hybridized carbons (Fsp3) is 0.423. The van der Waals surface area contributed by atoms with Gasteiger partial charge in [0.25, 0.3) is 0 Å². The predicted molar refractivity (Wildman–Crippen MR) is 135 cm³/mol. The first-order chi connectivity index (χ1) is 16.6. The number of amides is 3. The van der Waals surface area contributed by atoms with E-state index >= 15 is 0 Å². The van der Waals surface area contributed by atoms with Gasteiger partial charge < -0.3 is 30.2 Å². The van der Waals surface area contributed by atoms with Crippen LogP contribution in [0.5, 0.6) is 11.5 Å². The third-order valence-electron chi connectivity index (χ3n) is 4.62. The number of methoxy groups -OCH3 is 1. The molecule has 0 heterocycles. The number of aryl methyl sites for hydroxylation is 1. The Labute approximate surface area is 206 Å². The second-order valence-electron chi connectivity index (χ2n) is 8.77. The molecule has 35 heavy (non-hydrogen) atoms. The summed E-state index contributed by atoms with van der Waals surface area (Å²) in [6.45, 7) is 7.89. The van der Waals surface area contributed by atoms with E-state index < -0.39 is 11.7 Å². The van der Waals surface area contributed by atoms with Crippen LogP contribution in [0.2, 0.25) is 0 Å². The van der Waals surface area contributed by atoms with Crippen LogP contribution < -0.4 is 25.4 Å². The van der Waals surface area contributed by atoms with E-state index in [9.17, 15) is 14.4 Å². The molecular formula is C26H35N3O6. The predicted octanol–water partition coefficient (Wildman–Crippen LogP) is 4.52. The van der Waals surface area contributed by atoms with Gasteiger partial charge in [-0.3, -0.25) is 9.59 Å². The van der Waals surface area contributed by atoms with Crippen molar-refractivity contribution in [2.24, 2.45) is 0 Å². The molecule has 3 amide bonds. The number of benzene rings is 2. The standard InChI is InChI=1S/C26H35N3O6/c1-6-34-21-12-10-18(16-22(21)33-5)11-13-23(30)28-19-8-7-9-20(17-19)29-24(31)14-15-27-25(32)35-26(2,3)4/h7-10,12,16-17H,6,11,13-15H2,1-5H3,(H,27,32)(H,28,30)(H,29,31). The molecular weight excluding hydrogens is 450 g/mol. The maximum atomic E-state index is 12.4. The molecule has 0 radical (unpaired) electrons. The third kappa shape index (κ3) is 10.4. The van der Waals surface area contributed by atoms with E-state index in [0.29, 0.717) is 35.9 Å². The van der Waals surface area contributed by atoms with Crippen molar-refractivity contribution in [1.29, 1.82) is 0 Å². The molecule has 9 heteroatoms. The molecule has 0 fully saturated rings. The van der Waals surface area contributed by atoms with Gasteiger partial charge in [0.2, 0.25) is 11.8 Å². The smallest absolute Gasteiger partial charge is 0.407 e. The van der Waals surface area contributed by atoms with E-state index in [0.717, 1.165) is 5.56 Å². The topological polar surface area (TPSA) is 115 Å². The maximum Gasteiger partial charge on any atom is 0.407 e.